The predicted molar refractivity (Wildman–Crippen MR) is 283 cm³/mol. The first-order valence-corrected chi connectivity index (χ1v) is 29.1. The number of esters is 1. The lowest BCUT2D eigenvalue weighted by Crippen LogP contribution is -2.45. The topological polar surface area (TPSA) is 95.9 Å². The predicted octanol–water partition coefficient (Wildman–Crippen LogP) is 17.9. The van der Waals surface area contributed by atoms with Gasteiger partial charge in [0, 0.05) is 12.8 Å². The molecule has 0 aliphatic rings. The van der Waals surface area contributed by atoms with Crippen molar-refractivity contribution < 1.29 is 24.5 Å². The molecule has 0 aliphatic heterocycles. The van der Waals surface area contributed by atoms with Gasteiger partial charge in [0.25, 0.3) is 0 Å². The number of nitrogens with one attached hydrogen (secondary N) is 1. The van der Waals surface area contributed by atoms with E-state index in [0.29, 0.717) is 19.4 Å². The molecule has 2 atom stereocenters. The van der Waals surface area contributed by atoms with E-state index < -0.39 is 12.1 Å². The molecule has 0 radical (unpaired) electrons. The summed E-state index contributed by atoms with van der Waals surface area (Å²) < 4.78 is 5.48. The molecule has 0 aromatic carbocycles. The van der Waals surface area contributed by atoms with Crippen molar-refractivity contribution in [2.24, 2.45) is 0 Å². The molecule has 0 bridgehead atoms. The van der Waals surface area contributed by atoms with E-state index in [9.17, 15) is 19.8 Å². The summed E-state index contributed by atoms with van der Waals surface area (Å²) in [6, 6.07) is -0.624. The van der Waals surface area contributed by atoms with Crippen molar-refractivity contribution in [3.63, 3.8) is 0 Å². The van der Waals surface area contributed by atoms with Crippen LogP contribution in [-0.4, -0.2) is 47.4 Å². The quantitative estimate of drug-likeness (QED) is 0.0321. The highest BCUT2D eigenvalue weighted by atomic mass is 16.5. The Morgan fingerprint density at radius 3 is 1.09 bits per heavy atom. The van der Waals surface area contributed by atoms with E-state index in [1.165, 1.54) is 244 Å². The molecule has 0 rings (SSSR count). The fourth-order valence-corrected chi connectivity index (χ4v) is 8.98. The third kappa shape index (κ3) is 51.6. The number of allylic oxidation sites excluding steroid dienone is 3. The van der Waals surface area contributed by atoms with Gasteiger partial charge in [0.05, 0.1) is 25.4 Å². The summed E-state index contributed by atoms with van der Waals surface area (Å²) in [5.41, 5.74) is 0. The maximum absolute atomic E-state index is 12.4. The molecule has 0 saturated carbocycles. The highest BCUT2D eigenvalue weighted by molar-refractivity contribution is 5.76. The van der Waals surface area contributed by atoms with Gasteiger partial charge in [-0.15, -0.1) is 0 Å². The molecule has 0 aromatic heterocycles. The second-order valence-electron chi connectivity index (χ2n) is 20.0. The van der Waals surface area contributed by atoms with Crippen LogP contribution in [0.3, 0.4) is 0 Å². The van der Waals surface area contributed by atoms with Gasteiger partial charge in [0.2, 0.25) is 5.91 Å². The van der Waals surface area contributed by atoms with Crippen LogP contribution in [-0.2, 0) is 14.3 Å². The molecule has 0 fully saturated rings. The molecule has 0 aromatic rings. The number of aliphatic hydroxyl groups is 2. The van der Waals surface area contributed by atoms with Crippen LogP contribution >= 0.6 is 0 Å². The van der Waals surface area contributed by atoms with Gasteiger partial charge in [0.15, 0.2) is 0 Å². The largest absolute Gasteiger partial charge is 0.466 e. The first kappa shape index (κ1) is 63.3. The minimum atomic E-state index is -0.840. The van der Waals surface area contributed by atoms with Gasteiger partial charge in [-0.05, 0) is 57.8 Å². The monoisotopic (exact) mass is 916 g/mol. The number of aliphatic hydroxyl groups excluding tert-OH is 2. The Bertz CT molecular complexity index is 1010. The maximum atomic E-state index is 12.4. The molecular formula is C59H113NO5. The van der Waals surface area contributed by atoms with Crippen LogP contribution in [0.25, 0.3) is 0 Å². The third-order valence-electron chi connectivity index (χ3n) is 13.5. The highest BCUT2D eigenvalue weighted by Gasteiger charge is 2.18. The average Bonchev–Trinajstić information content (AvgIpc) is 3.31. The molecule has 6 nitrogen and oxygen atoms in total. The molecule has 65 heavy (non-hydrogen) atoms. The Balaban J connectivity index is 3.34. The van der Waals surface area contributed by atoms with Gasteiger partial charge >= 0.3 is 5.97 Å². The van der Waals surface area contributed by atoms with Crippen molar-refractivity contribution in [1.82, 2.24) is 5.32 Å². The first-order chi connectivity index (χ1) is 32.0. The Morgan fingerprint density at radius 2 is 0.723 bits per heavy atom. The van der Waals surface area contributed by atoms with E-state index in [1.54, 1.807) is 6.08 Å². The molecule has 3 N–H and O–H groups in total. The van der Waals surface area contributed by atoms with E-state index in [-0.39, 0.29) is 18.5 Å². The van der Waals surface area contributed by atoms with Gasteiger partial charge in [-0.3, -0.25) is 9.59 Å². The van der Waals surface area contributed by atoms with Gasteiger partial charge in [0.1, 0.15) is 0 Å². The molecule has 2 unspecified atom stereocenters. The van der Waals surface area contributed by atoms with Crippen molar-refractivity contribution >= 4 is 11.9 Å². The van der Waals surface area contributed by atoms with E-state index >= 15 is 0 Å². The Hall–Kier alpha value is -1.66. The summed E-state index contributed by atoms with van der Waals surface area (Å²) in [6.07, 6.45) is 66.5. The van der Waals surface area contributed by atoms with E-state index in [1.807, 2.05) is 6.08 Å². The highest BCUT2D eigenvalue weighted by Crippen LogP contribution is 2.17. The molecule has 0 saturated heterocycles. The van der Waals surface area contributed by atoms with Crippen LogP contribution in [0.1, 0.15) is 316 Å². The van der Waals surface area contributed by atoms with Crippen molar-refractivity contribution in [3.05, 3.63) is 24.3 Å². The lowest BCUT2D eigenvalue weighted by Gasteiger charge is -2.20. The van der Waals surface area contributed by atoms with Crippen molar-refractivity contribution in [1.29, 1.82) is 0 Å². The summed E-state index contributed by atoms with van der Waals surface area (Å²) in [5, 5.41) is 22.9. The summed E-state index contributed by atoms with van der Waals surface area (Å²) in [6.45, 7) is 4.87. The number of rotatable bonds is 54. The molecule has 384 valence electrons. The number of ether oxygens (including phenoxy) is 1. The van der Waals surface area contributed by atoms with Gasteiger partial charge in [-0.1, -0.05) is 269 Å². The SMILES string of the molecule is CCCCCCC/C=C\CCCCCCCC(=O)OCCCCCCCCCCCCCCCCCCCCCCCCCCCC(=O)NC(CO)C(O)/C=C/CCCCCCCCC. The zero-order valence-corrected chi connectivity index (χ0v) is 43.7. The Kier molecular flexibility index (Phi) is 53.5. The minimum Gasteiger partial charge on any atom is -0.466 e. The van der Waals surface area contributed by atoms with E-state index in [2.05, 4.69) is 31.3 Å². The Morgan fingerprint density at radius 1 is 0.415 bits per heavy atom. The fourth-order valence-electron chi connectivity index (χ4n) is 8.98. The fraction of sp³-hybridized carbons (Fsp3) is 0.898. The van der Waals surface area contributed by atoms with Crippen molar-refractivity contribution in [2.75, 3.05) is 13.2 Å². The van der Waals surface area contributed by atoms with Crippen LogP contribution in [0.4, 0.5) is 0 Å². The standard InChI is InChI=1S/C59H113NO5/c1-3-5-7-9-11-13-14-15-30-33-37-41-45-49-53-59(64)65-54-50-46-42-38-34-31-28-26-24-22-20-18-16-17-19-21-23-25-27-29-32-36-40-44-48-52-58(63)60-56(55-61)57(62)51-47-43-39-35-12-10-8-6-4-2/h14-15,47,51,56-57,61-62H,3-13,16-46,48-50,52-55H2,1-2H3,(H,60,63)/b15-14-,51-47+. The maximum Gasteiger partial charge on any atom is 0.305 e. The lowest BCUT2D eigenvalue weighted by molar-refractivity contribution is -0.143. The number of unbranched alkanes of at least 4 members (excludes halogenated alkanes) is 41. The second kappa shape index (κ2) is 54.9. The number of amides is 1. The summed E-state index contributed by atoms with van der Waals surface area (Å²) >= 11 is 0. The molecule has 0 aliphatic carbocycles. The zero-order valence-electron chi connectivity index (χ0n) is 43.7. The smallest absolute Gasteiger partial charge is 0.305 e. The number of carbonyl (C=O) groups is 2. The third-order valence-corrected chi connectivity index (χ3v) is 13.5. The van der Waals surface area contributed by atoms with Crippen LogP contribution in [0, 0.1) is 0 Å². The van der Waals surface area contributed by atoms with Crippen LogP contribution < -0.4 is 5.32 Å². The second-order valence-corrected chi connectivity index (χ2v) is 20.0. The van der Waals surface area contributed by atoms with Crippen LogP contribution in [0.15, 0.2) is 24.3 Å². The van der Waals surface area contributed by atoms with Crippen LogP contribution in [0.5, 0.6) is 0 Å². The molecule has 1 amide bonds. The van der Waals surface area contributed by atoms with Crippen molar-refractivity contribution in [2.45, 2.75) is 328 Å². The number of hydrogen-bond acceptors (Lipinski definition) is 5. The number of carbonyl (C=O) groups excluding carboxylic acids is 2. The molecule has 0 heterocycles. The summed E-state index contributed by atoms with van der Waals surface area (Å²) in [5.74, 6) is -0.0612. The molecular weight excluding hydrogens is 803 g/mol. The van der Waals surface area contributed by atoms with Crippen molar-refractivity contribution in [3.8, 4) is 0 Å². The normalized spacial score (nSPS) is 12.7. The van der Waals surface area contributed by atoms with E-state index in [0.717, 1.165) is 44.9 Å². The average molecular weight is 917 g/mol. The minimum absolute atomic E-state index is 0.00724. The molecule has 6 heteroatoms. The van der Waals surface area contributed by atoms with Crippen LogP contribution in [0.2, 0.25) is 0 Å². The van der Waals surface area contributed by atoms with Gasteiger partial charge < -0.3 is 20.3 Å². The van der Waals surface area contributed by atoms with Gasteiger partial charge in [-0.2, -0.15) is 0 Å². The van der Waals surface area contributed by atoms with Gasteiger partial charge in [-0.25, -0.2) is 0 Å². The number of hydrogen-bond donors (Lipinski definition) is 3. The summed E-state index contributed by atoms with van der Waals surface area (Å²) in [7, 11) is 0. The Labute approximate surface area is 405 Å². The lowest BCUT2D eigenvalue weighted by atomic mass is 10.0. The van der Waals surface area contributed by atoms with E-state index in [4.69, 9.17) is 4.74 Å². The first-order valence-electron chi connectivity index (χ1n) is 29.1. The summed E-state index contributed by atoms with van der Waals surface area (Å²) in [4.78, 5) is 24.4. The zero-order chi connectivity index (χ0) is 47.2. The molecule has 0 spiro atoms.